The number of halogens is 2. The van der Waals surface area contributed by atoms with Crippen molar-refractivity contribution in [1.29, 1.82) is 0 Å². The number of carbonyl (C=O) groups is 1. The number of aromatic nitrogens is 4. The van der Waals surface area contributed by atoms with Gasteiger partial charge in [0, 0.05) is 17.1 Å². The molecule has 33 heavy (non-hydrogen) atoms. The summed E-state index contributed by atoms with van der Waals surface area (Å²) in [6.45, 7) is 4.07. The third kappa shape index (κ3) is 4.52. The van der Waals surface area contributed by atoms with E-state index in [0.29, 0.717) is 22.7 Å². The number of imidazole rings is 1. The first-order chi connectivity index (χ1) is 15.8. The zero-order chi connectivity index (χ0) is 23.7. The first kappa shape index (κ1) is 22.7. The van der Waals surface area contributed by atoms with Crippen molar-refractivity contribution < 1.29 is 9.18 Å². The standard InChI is InChI=1S/C24H22ClFN4O3/c1-15(2)11-12-29-23(32)21-22(30(24(29)33)19-9-7-18(26)8-10-19)27-14-28(21)13-20(31)16-3-5-17(25)6-4-16/h3-10,14-15H,11-13H2,1-2H3. The maximum absolute atomic E-state index is 13.5. The van der Waals surface area contributed by atoms with Crippen LogP contribution in [-0.2, 0) is 13.1 Å². The van der Waals surface area contributed by atoms with Crippen LogP contribution < -0.4 is 11.2 Å². The predicted molar refractivity (Wildman–Crippen MR) is 125 cm³/mol. The third-order valence-electron chi connectivity index (χ3n) is 5.40. The Morgan fingerprint density at radius 1 is 1.06 bits per heavy atom. The van der Waals surface area contributed by atoms with Gasteiger partial charge in [-0.05, 0) is 60.9 Å². The Hall–Kier alpha value is -3.52. The lowest BCUT2D eigenvalue weighted by molar-refractivity contribution is 0.0973. The molecule has 0 aliphatic carbocycles. The summed E-state index contributed by atoms with van der Waals surface area (Å²) in [7, 11) is 0. The molecule has 0 saturated carbocycles. The fourth-order valence-electron chi connectivity index (χ4n) is 3.59. The van der Waals surface area contributed by atoms with E-state index in [4.69, 9.17) is 11.6 Å². The molecule has 0 radical (unpaired) electrons. The van der Waals surface area contributed by atoms with Crippen molar-refractivity contribution in [3.05, 3.63) is 92.1 Å². The minimum Gasteiger partial charge on any atom is -0.317 e. The zero-order valence-electron chi connectivity index (χ0n) is 18.2. The molecule has 7 nitrogen and oxygen atoms in total. The first-order valence-electron chi connectivity index (χ1n) is 10.5. The SMILES string of the molecule is CC(C)CCn1c(=O)c2c(ncn2CC(=O)c2ccc(Cl)cc2)n(-c2ccc(F)cc2)c1=O. The lowest BCUT2D eigenvalue weighted by atomic mass is 10.1. The molecular weight excluding hydrogens is 447 g/mol. The lowest BCUT2D eigenvalue weighted by Gasteiger charge is -2.13. The van der Waals surface area contributed by atoms with Crippen molar-refractivity contribution in [3.63, 3.8) is 0 Å². The molecule has 2 heterocycles. The molecule has 0 bridgehead atoms. The fourth-order valence-corrected chi connectivity index (χ4v) is 3.71. The van der Waals surface area contributed by atoms with Gasteiger partial charge >= 0.3 is 5.69 Å². The maximum atomic E-state index is 13.5. The van der Waals surface area contributed by atoms with Crippen LogP contribution in [-0.4, -0.2) is 24.5 Å². The van der Waals surface area contributed by atoms with Gasteiger partial charge in [0.15, 0.2) is 16.9 Å². The Morgan fingerprint density at radius 2 is 1.73 bits per heavy atom. The van der Waals surface area contributed by atoms with E-state index in [1.165, 1.54) is 39.7 Å². The molecule has 4 rings (SSSR count). The van der Waals surface area contributed by atoms with Gasteiger partial charge in [0.1, 0.15) is 5.82 Å². The third-order valence-corrected chi connectivity index (χ3v) is 5.65. The molecule has 0 atom stereocenters. The number of hydrogen-bond donors (Lipinski definition) is 0. The number of nitrogens with zero attached hydrogens (tertiary/aromatic N) is 4. The first-order valence-corrected chi connectivity index (χ1v) is 10.9. The molecule has 170 valence electrons. The highest BCUT2D eigenvalue weighted by Crippen LogP contribution is 2.16. The Bertz CT molecular complexity index is 1430. The highest BCUT2D eigenvalue weighted by Gasteiger charge is 2.21. The monoisotopic (exact) mass is 468 g/mol. The molecule has 9 heteroatoms. The molecule has 0 spiro atoms. The molecule has 0 fully saturated rings. The van der Waals surface area contributed by atoms with Crippen LogP contribution in [0.2, 0.25) is 5.02 Å². The molecule has 4 aromatic rings. The summed E-state index contributed by atoms with van der Waals surface area (Å²) < 4.78 is 17.4. The van der Waals surface area contributed by atoms with Gasteiger partial charge in [0.25, 0.3) is 5.56 Å². The van der Waals surface area contributed by atoms with Gasteiger partial charge in [-0.1, -0.05) is 25.4 Å². The van der Waals surface area contributed by atoms with Gasteiger partial charge in [0.2, 0.25) is 0 Å². The number of ketones is 1. The molecule has 2 aromatic carbocycles. The van der Waals surface area contributed by atoms with E-state index in [-0.39, 0.29) is 36.0 Å². The molecule has 2 aromatic heterocycles. The quantitative estimate of drug-likeness (QED) is 0.383. The van der Waals surface area contributed by atoms with Crippen molar-refractivity contribution >= 4 is 28.5 Å². The summed E-state index contributed by atoms with van der Waals surface area (Å²) in [6, 6.07) is 11.8. The molecule has 0 amide bonds. The highest BCUT2D eigenvalue weighted by molar-refractivity contribution is 6.30. The average Bonchev–Trinajstić information content (AvgIpc) is 3.18. The Kier molecular flexibility index (Phi) is 6.29. The van der Waals surface area contributed by atoms with Crippen molar-refractivity contribution in [3.8, 4) is 5.69 Å². The second-order valence-corrected chi connectivity index (χ2v) is 8.64. The van der Waals surface area contributed by atoms with E-state index in [1.54, 1.807) is 24.3 Å². The minimum atomic E-state index is -0.561. The van der Waals surface area contributed by atoms with Crippen molar-refractivity contribution in [1.82, 2.24) is 18.7 Å². The van der Waals surface area contributed by atoms with Crippen LogP contribution in [0.5, 0.6) is 0 Å². The lowest BCUT2D eigenvalue weighted by Crippen LogP contribution is -2.40. The van der Waals surface area contributed by atoms with Crippen molar-refractivity contribution in [2.75, 3.05) is 0 Å². The number of hydrogen-bond acceptors (Lipinski definition) is 4. The van der Waals surface area contributed by atoms with Gasteiger partial charge in [-0.15, -0.1) is 0 Å². The highest BCUT2D eigenvalue weighted by atomic mass is 35.5. The number of rotatable bonds is 7. The molecule has 0 aliphatic heterocycles. The van der Waals surface area contributed by atoms with E-state index in [1.807, 2.05) is 13.8 Å². The van der Waals surface area contributed by atoms with Crippen LogP contribution in [0.25, 0.3) is 16.9 Å². The Labute approximate surface area is 193 Å². The molecule has 0 unspecified atom stereocenters. The van der Waals surface area contributed by atoms with E-state index in [2.05, 4.69) is 4.98 Å². The van der Waals surface area contributed by atoms with Crippen LogP contribution in [0.1, 0.15) is 30.6 Å². The second-order valence-electron chi connectivity index (χ2n) is 8.21. The summed E-state index contributed by atoms with van der Waals surface area (Å²) >= 11 is 5.90. The van der Waals surface area contributed by atoms with Crippen LogP contribution in [0.3, 0.4) is 0 Å². The molecule has 0 saturated heterocycles. The summed E-state index contributed by atoms with van der Waals surface area (Å²) in [4.78, 5) is 43.7. The summed E-state index contributed by atoms with van der Waals surface area (Å²) in [5, 5.41) is 0.510. The minimum absolute atomic E-state index is 0.112. The Balaban J connectivity index is 1.89. The maximum Gasteiger partial charge on any atom is 0.337 e. The van der Waals surface area contributed by atoms with E-state index in [0.717, 1.165) is 4.57 Å². The van der Waals surface area contributed by atoms with Gasteiger partial charge in [-0.25, -0.2) is 18.7 Å². The number of carbonyl (C=O) groups excluding carboxylic acids is 1. The average molecular weight is 469 g/mol. The number of fused-ring (bicyclic) bond motifs is 1. The van der Waals surface area contributed by atoms with E-state index < -0.39 is 17.1 Å². The molecule has 0 aliphatic rings. The number of Topliss-reactive ketones (excluding diaryl/α,β-unsaturated/α-hetero) is 1. The molecule has 0 N–H and O–H groups in total. The zero-order valence-corrected chi connectivity index (χ0v) is 18.9. The van der Waals surface area contributed by atoms with Gasteiger partial charge in [0.05, 0.1) is 18.6 Å². The largest absolute Gasteiger partial charge is 0.337 e. The predicted octanol–water partition coefficient (Wildman–Crippen LogP) is 4.07. The topological polar surface area (TPSA) is 78.9 Å². The van der Waals surface area contributed by atoms with Crippen molar-refractivity contribution in [2.24, 2.45) is 5.92 Å². The van der Waals surface area contributed by atoms with Gasteiger partial charge < -0.3 is 4.57 Å². The van der Waals surface area contributed by atoms with Gasteiger partial charge in [-0.3, -0.25) is 14.2 Å². The normalized spacial score (nSPS) is 11.4. The summed E-state index contributed by atoms with van der Waals surface area (Å²) in [5.41, 5.74) is -0.0250. The second kappa shape index (κ2) is 9.15. The Morgan fingerprint density at radius 3 is 2.36 bits per heavy atom. The summed E-state index contributed by atoms with van der Waals surface area (Å²) in [6.07, 6.45) is 1.98. The van der Waals surface area contributed by atoms with Crippen LogP contribution in [0.15, 0.2) is 64.4 Å². The van der Waals surface area contributed by atoms with Crippen molar-refractivity contribution in [2.45, 2.75) is 33.4 Å². The van der Waals surface area contributed by atoms with E-state index in [9.17, 15) is 18.8 Å². The number of benzene rings is 2. The molecular formula is C24H22ClFN4O3. The fraction of sp³-hybridized carbons (Fsp3) is 0.250. The van der Waals surface area contributed by atoms with Crippen LogP contribution in [0.4, 0.5) is 4.39 Å². The van der Waals surface area contributed by atoms with Crippen LogP contribution in [0, 0.1) is 11.7 Å². The van der Waals surface area contributed by atoms with Gasteiger partial charge in [-0.2, -0.15) is 0 Å². The summed E-state index contributed by atoms with van der Waals surface area (Å²) in [5.74, 6) is -0.420. The smallest absolute Gasteiger partial charge is 0.317 e. The van der Waals surface area contributed by atoms with E-state index >= 15 is 0 Å². The van der Waals surface area contributed by atoms with Crippen LogP contribution >= 0.6 is 11.6 Å².